The van der Waals surface area contributed by atoms with Crippen molar-refractivity contribution in [3.05, 3.63) is 11.6 Å². The van der Waals surface area contributed by atoms with Gasteiger partial charge in [-0.25, -0.2) is 0 Å². The summed E-state index contributed by atoms with van der Waals surface area (Å²) in [6, 6.07) is 0. The molecule has 0 unspecified atom stereocenters. The summed E-state index contributed by atoms with van der Waals surface area (Å²) in [6.45, 7) is 10.6. The molecule has 0 aromatic rings. The molecular formula is C22H38O2. The van der Waals surface area contributed by atoms with Crippen molar-refractivity contribution in [1.29, 1.82) is 0 Å². The third kappa shape index (κ3) is 3.64. The Bertz CT molecular complexity index is 475. The average molecular weight is 335 g/mol. The fourth-order valence-electron chi connectivity index (χ4n) is 5.06. The molecule has 0 bridgehead atoms. The number of ketones is 1. The van der Waals surface area contributed by atoms with E-state index in [-0.39, 0.29) is 16.7 Å². The molecule has 24 heavy (non-hydrogen) atoms. The summed E-state index contributed by atoms with van der Waals surface area (Å²) in [5.41, 5.74) is 0.613. The highest BCUT2D eigenvalue weighted by molar-refractivity contribution is 5.89. The minimum absolute atomic E-state index is 0.164. The molecule has 2 rings (SSSR count). The van der Waals surface area contributed by atoms with Crippen molar-refractivity contribution >= 4 is 5.78 Å². The van der Waals surface area contributed by atoms with Crippen LogP contribution in [0.25, 0.3) is 0 Å². The zero-order valence-corrected chi connectivity index (χ0v) is 16.6. The molecular weight excluding hydrogens is 296 g/mol. The van der Waals surface area contributed by atoms with E-state index < -0.39 is 5.60 Å². The predicted octanol–water partition coefficient (Wildman–Crippen LogP) is 5.83. The van der Waals surface area contributed by atoms with Crippen LogP contribution in [0.2, 0.25) is 0 Å². The molecule has 0 heterocycles. The van der Waals surface area contributed by atoms with E-state index in [0.717, 1.165) is 64.2 Å². The highest BCUT2D eigenvalue weighted by atomic mass is 16.3. The molecule has 2 atom stereocenters. The van der Waals surface area contributed by atoms with Gasteiger partial charge in [-0.15, -0.1) is 0 Å². The van der Waals surface area contributed by atoms with Gasteiger partial charge in [0.2, 0.25) is 0 Å². The van der Waals surface area contributed by atoms with Crippen molar-refractivity contribution in [3.8, 4) is 0 Å². The second-order valence-electron chi connectivity index (χ2n) is 9.15. The number of hydrogen-bond donors (Lipinski definition) is 1. The third-order valence-corrected chi connectivity index (χ3v) is 6.80. The van der Waals surface area contributed by atoms with Crippen molar-refractivity contribution < 1.29 is 9.90 Å². The fourth-order valence-corrected chi connectivity index (χ4v) is 5.06. The van der Waals surface area contributed by atoms with E-state index in [9.17, 15) is 9.90 Å². The number of aliphatic hydroxyl groups is 1. The first-order chi connectivity index (χ1) is 11.2. The van der Waals surface area contributed by atoms with Gasteiger partial charge in [-0.1, -0.05) is 58.1 Å². The maximum atomic E-state index is 13.2. The van der Waals surface area contributed by atoms with Crippen molar-refractivity contribution in [2.24, 2.45) is 16.7 Å². The van der Waals surface area contributed by atoms with Crippen LogP contribution in [-0.4, -0.2) is 16.5 Å². The minimum atomic E-state index is -0.698. The van der Waals surface area contributed by atoms with E-state index in [1.54, 1.807) is 0 Å². The standard InChI is InChI=1S/C22H38O2/c1-6-8-12-22(13-9-7-2)18-16-17(20(3,4)24)10-14-21(18,5)15-11-19(22)23/h16-17,24H,6-15H2,1-5H3/t17-,21-/m1/s1. The van der Waals surface area contributed by atoms with Crippen LogP contribution in [0.3, 0.4) is 0 Å². The molecule has 1 fully saturated rings. The number of carbonyl (C=O) groups excluding carboxylic acids is 1. The Kier molecular flexibility index (Phi) is 6.00. The van der Waals surface area contributed by atoms with Crippen LogP contribution in [0.15, 0.2) is 11.6 Å². The van der Waals surface area contributed by atoms with Gasteiger partial charge < -0.3 is 5.11 Å². The third-order valence-electron chi connectivity index (χ3n) is 6.80. The highest BCUT2D eigenvalue weighted by Gasteiger charge is 2.53. The van der Waals surface area contributed by atoms with Gasteiger partial charge in [-0.2, -0.15) is 0 Å². The summed E-state index contributed by atoms with van der Waals surface area (Å²) in [7, 11) is 0. The lowest BCUT2D eigenvalue weighted by molar-refractivity contribution is -0.132. The van der Waals surface area contributed by atoms with Crippen molar-refractivity contribution in [3.63, 3.8) is 0 Å². The molecule has 0 spiro atoms. The van der Waals surface area contributed by atoms with E-state index in [4.69, 9.17) is 0 Å². The molecule has 1 saturated carbocycles. The number of Topliss-reactive ketones (excluding diaryl/α,β-unsaturated/α-hetero) is 1. The zero-order chi connectivity index (χ0) is 18.0. The molecule has 0 aromatic carbocycles. The molecule has 0 radical (unpaired) electrons. The van der Waals surface area contributed by atoms with E-state index in [0.29, 0.717) is 5.78 Å². The minimum Gasteiger partial charge on any atom is -0.390 e. The second kappa shape index (κ2) is 7.32. The second-order valence-corrected chi connectivity index (χ2v) is 9.15. The smallest absolute Gasteiger partial charge is 0.143 e. The molecule has 0 aromatic heterocycles. The van der Waals surface area contributed by atoms with Crippen LogP contribution in [0.5, 0.6) is 0 Å². The van der Waals surface area contributed by atoms with Gasteiger partial charge in [-0.05, 0) is 51.4 Å². The Labute approximate surface area is 149 Å². The first-order valence-corrected chi connectivity index (χ1v) is 10.2. The quantitative estimate of drug-likeness (QED) is 0.595. The predicted molar refractivity (Wildman–Crippen MR) is 101 cm³/mol. The van der Waals surface area contributed by atoms with Crippen molar-refractivity contribution in [2.45, 2.75) is 104 Å². The van der Waals surface area contributed by atoms with Crippen LogP contribution < -0.4 is 0 Å². The van der Waals surface area contributed by atoms with Gasteiger partial charge in [0.15, 0.2) is 0 Å². The van der Waals surface area contributed by atoms with Crippen LogP contribution in [0, 0.1) is 16.7 Å². The molecule has 138 valence electrons. The first kappa shape index (κ1) is 19.7. The normalized spacial score (nSPS) is 30.0. The van der Waals surface area contributed by atoms with Crippen molar-refractivity contribution in [1.82, 2.24) is 0 Å². The average Bonchev–Trinajstić information content (AvgIpc) is 2.52. The maximum Gasteiger partial charge on any atom is 0.143 e. The summed E-state index contributed by atoms with van der Waals surface area (Å²) in [6.07, 6.45) is 12.8. The molecule has 0 amide bonds. The summed E-state index contributed by atoms with van der Waals surface area (Å²) in [5.74, 6) is 0.652. The Hall–Kier alpha value is -0.630. The van der Waals surface area contributed by atoms with Gasteiger partial charge in [0, 0.05) is 12.3 Å². The van der Waals surface area contributed by atoms with E-state index in [2.05, 4.69) is 26.8 Å². The SMILES string of the molecule is CCCCC1(CCCC)C(=O)CC[C@@]2(C)CC[C@@H](C(C)(C)O)C=C12. The number of fused-ring (bicyclic) bond motifs is 1. The molecule has 2 nitrogen and oxygen atoms in total. The number of carbonyl (C=O) groups is 1. The molecule has 2 aliphatic rings. The monoisotopic (exact) mass is 334 g/mol. The molecule has 0 saturated heterocycles. The summed E-state index contributed by atoms with van der Waals surface area (Å²) >= 11 is 0. The molecule has 2 heteroatoms. The molecule has 0 aliphatic heterocycles. The Balaban J connectivity index is 2.50. The van der Waals surface area contributed by atoms with Gasteiger partial charge in [0.25, 0.3) is 0 Å². The molecule has 2 aliphatic carbocycles. The summed E-state index contributed by atoms with van der Waals surface area (Å²) in [4.78, 5) is 13.2. The Morgan fingerprint density at radius 1 is 1.17 bits per heavy atom. The molecule has 1 N–H and O–H groups in total. The lowest BCUT2D eigenvalue weighted by atomic mass is 9.51. The number of rotatable bonds is 7. The van der Waals surface area contributed by atoms with Gasteiger partial charge >= 0.3 is 0 Å². The number of allylic oxidation sites excluding steroid dienone is 1. The lowest BCUT2D eigenvalue weighted by Gasteiger charge is -2.52. The Morgan fingerprint density at radius 2 is 1.75 bits per heavy atom. The van der Waals surface area contributed by atoms with Crippen LogP contribution in [0.1, 0.15) is 98.8 Å². The lowest BCUT2D eigenvalue weighted by Crippen LogP contribution is -2.48. The number of unbranched alkanes of at least 4 members (excludes halogenated alkanes) is 2. The summed E-state index contributed by atoms with van der Waals surface area (Å²) in [5, 5.41) is 10.6. The zero-order valence-electron chi connectivity index (χ0n) is 16.6. The summed E-state index contributed by atoms with van der Waals surface area (Å²) < 4.78 is 0. The topological polar surface area (TPSA) is 37.3 Å². The van der Waals surface area contributed by atoms with Crippen molar-refractivity contribution in [2.75, 3.05) is 0 Å². The van der Waals surface area contributed by atoms with Gasteiger partial charge in [0.05, 0.1) is 11.0 Å². The van der Waals surface area contributed by atoms with E-state index in [1.807, 2.05) is 13.8 Å². The maximum absolute atomic E-state index is 13.2. The fraction of sp³-hybridized carbons (Fsp3) is 0.864. The van der Waals surface area contributed by atoms with Crippen LogP contribution >= 0.6 is 0 Å². The van der Waals surface area contributed by atoms with Gasteiger partial charge in [0.1, 0.15) is 5.78 Å². The van der Waals surface area contributed by atoms with E-state index in [1.165, 1.54) is 5.57 Å². The van der Waals surface area contributed by atoms with Gasteiger partial charge in [-0.3, -0.25) is 4.79 Å². The largest absolute Gasteiger partial charge is 0.390 e. The highest BCUT2D eigenvalue weighted by Crippen LogP contribution is 2.59. The number of hydrogen-bond acceptors (Lipinski definition) is 2. The van der Waals surface area contributed by atoms with Crippen LogP contribution in [0.4, 0.5) is 0 Å². The van der Waals surface area contributed by atoms with E-state index >= 15 is 0 Å². The Morgan fingerprint density at radius 3 is 2.25 bits per heavy atom. The first-order valence-electron chi connectivity index (χ1n) is 10.2. The van der Waals surface area contributed by atoms with Crippen LogP contribution in [-0.2, 0) is 4.79 Å².